The van der Waals surface area contributed by atoms with E-state index >= 15 is 0 Å². The lowest BCUT2D eigenvalue weighted by atomic mass is 10.1. The third kappa shape index (κ3) is 4.04. The molecule has 5 nitrogen and oxygen atoms in total. The molecule has 0 aliphatic carbocycles. The largest absolute Gasteiger partial charge is 0.480 e. The van der Waals surface area contributed by atoms with E-state index in [0.717, 1.165) is 0 Å². The molecule has 0 aliphatic heterocycles. The number of carboxylic acids is 1. The van der Waals surface area contributed by atoms with E-state index in [2.05, 4.69) is 11.9 Å². The third-order valence-corrected chi connectivity index (χ3v) is 1.59. The van der Waals surface area contributed by atoms with Crippen LogP contribution in [0.25, 0.3) is 0 Å². The Bertz CT molecular complexity index is 243. The molecule has 4 N–H and O–H groups in total. The van der Waals surface area contributed by atoms with Gasteiger partial charge in [-0.05, 0) is 20.3 Å². The molecule has 0 fully saturated rings. The van der Waals surface area contributed by atoms with Crippen LogP contribution in [0.2, 0.25) is 0 Å². The van der Waals surface area contributed by atoms with Crippen LogP contribution in [0.15, 0.2) is 12.7 Å². The highest BCUT2D eigenvalue weighted by Gasteiger charge is 2.26. The molecule has 1 unspecified atom stereocenters. The van der Waals surface area contributed by atoms with Crippen LogP contribution in [0.1, 0.15) is 20.3 Å². The Morgan fingerprint density at radius 1 is 1.64 bits per heavy atom. The van der Waals surface area contributed by atoms with Gasteiger partial charge in [0.15, 0.2) is 0 Å². The van der Waals surface area contributed by atoms with Gasteiger partial charge >= 0.3 is 5.97 Å². The topological polar surface area (TPSA) is 92.4 Å². The lowest BCUT2D eigenvalue weighted by molar-refractivity contribution is -0.142. The van der Waals surface area contributed by atoms with Crippen molar-refractivity contribution in [1.82, 2.24) is 5.32 Å². The summed E-state index contributed by atoms with van der Waals surface area (Å²) in [6.45, 7) is 6.42. The number of carbonyl (C=O) groups excluding carboxylic acids is 1. The molecule has 0 aromatic rings. The van der Waals surface area contributed by atoms with Crippen LogP contribution in [-0.2, 0) is 9.59 Å². The number of hydrogen-bond acceptors (Lipinski definition) is 3. The Morgan fingerprint density at radius 3 is 2.43 bits per heavy atom. The maximum absolute atomic E-state index is 11.3. The second-order valence-electron chi connectivity index (χ2n) is 3.61. The van der Waals surface area contributed by atoms with E-state index < -0.39 is 23.5 Å². The van der Waals surface area contributed by atoms with Gasteiger partial charge in [-0.3, -0.25) is 4.79 Å². The van der Waals surface area contributed by atoms with Crippen molar-refractivity contribution in [3.05, 3.63) is 12.7 Å². The summed E-state index contributed by atoms with van der Waals surface area (Å²) >= 11 is 0. The molecule has 0 aromatic heterocycles. The summed E-state index contributed by atoms with van der Waals surface area (Å²) in [6, 6.07) is -0.956. The molecule has 5 heteroatoms. The van der Waals surface area contributed by atoms with Crippen LogP contribution in [0, 0.1) is 0 Å². The van der Waals surface area contributed by atoms with Crippen LogP contribution in [0.5, 0.6) is 0 Å². The number of carbonyl (C=O) groups is 2. The summed E-state index contributed by atoms with van der Waals surface area (Å²) in [5, 5.41) is 11.0. The lowest BCUT2D eigenvalue weighted by Crippen LogP contribution is -2.53. The first-order valence-electron chi connectivity index (χ1n) is 4.22. The zero-order valence-corrected chi connectivity index (χ0v) is 8.41. The van der Waals surface area contributed by atoms with Gasteiger partial charge in [0.1, 0.15) is 6.04 Å². The van der Waals surface area contributed by atoms with Crippen LogP contribution >= 0.6 is 0 Å². The first kappa shape index (κ1) is 12.6. The zero-order valence-electron chi connectivity index (χ0n) is 8.41. The number of carboxylic acid groups (broad SMARTS) is 1. The van der Waals surface area contributed by atoms with Crippen molar-refractivity contribution in [2.24, 2.45) is 5.73 Å². The number of nitrogens with two attached hydrogens (primary N) is 1. The zero-order chi connectivity index (χ0) is 11.4. The second-order valence-corrected chi connectivity index (χ2v) is 3.61. The molecular formula is C9H16N2O3. The fourth-order valence-corrected chi connectivity index (χ4v) is 0.732. The van der Waals surface area contributed by atoms with Crippen LogP contribution in [0.4, 0.5) is 0 Å². The Hall–Kier alpha value is -1.36. The standard InChI is InChI=1S/C9H16N2O3/c1-4-5-6(7(12)13)11-8(14)9(2,3)10/h4,6H,1,5,10H2,2-3H3,(H,11,14)(H,12,13). The van der Waals surface area contributed by atoms with Gasteiger partial charge in [0.05, 0.1) is 5.54 Å². The molecule has 0 bridgehead atoms. The van der Waals surface area contributed by atoms with Crippen molar-refractivity contribution >= 4 is 11.9 Å². The highest BCUT2D eigenvalue weighted by Crippen LogP contribution is 2.00. The van der Waals surface area contributed by atoms with Crippen molar-refractivity contribution in [1.29, 1.82) is 0 Å². The van der Waals surface area contributed by atoms with Gasteiger partial charge < -0.3 is 16.2 Å². The molecule has 0 heterocycles. The van der Waals surface area contributed by atoms with Gasteiger partial charge in [0.2, 0.25) is 5.91 Å². The quantitative estimate of drug-likeness (QED) is 0.539. The minimum absolute atomic E-state index is 0.178. The molecule has 0 spiro atoms. The molecule has 0 saturated heterocycles. The summed E-state index contributed by atoms with van der Waals surface area (Å²) in [5.74, 6) is -1.59. The number of amides is 1. The molecule has 0 rings (SSSR count). The summed E-state index contributed by atoms with van der Waals surface area (Å²) < 4.78 is 0. The molecular weight excluding hydrogens is 184 g/mol. The van der Waals surface area contributed by atoms with Gasteiger partial charge in [-0.1, -0.05) is 6.08 Å². The summed E-state index contributed by atoms with van der Waals surface area (Å²) in [4.78, 5) is 22.0. The predicted octanol–water partition coefficient (Wildman–Crippen LogP) is -0.131. The van der Waals surface area contributed by atoms with Gasteiger partial charge in [-0.25, -0.2) is 4.79 Å². The van der Waals surface area contributed by atoms with Crippen molar-refractivity contribution in [3.63, 3.8) is 0 Å². The molecule has 0 aromatic carbocycles. The van der Waals surface area contributed by atoms with Crippen molar-refractivity contribution in [3.8, 4) is 0 Å². The first-order valence-corrected chi connectivity index (χ1v) is 4.22. The van der Waals surface area contributed by atoms with E-state index in [4.69, 9.17) is 10.8 Å². The van der Waals surface area contributed by atoms with E-state index in [0.29, 0.717) is 0 Å². The summed E-state index contributed by atoms with van der Waals surface area (Å²) in [7, 11) is 0. The Balaban J connectivity index is 4.38. The Kier molecular flexibility index (Phi) is 4.30. The minimum Gasteiger partial charge on any atom is -0.480 e. The first-order chi connectivity index (χ1) is 6.29. The Morgan fingerprint density at radius 2 is 2.14 bits per heavy atom. The molecule has 1 atom stereocenters. The van der Waals surface area contributed by atoms with E-state index in [9.17, 15) is 9.59 Å². The summed E-state index contributed by atoms with van der Waals surface area (Å²) in [5.41, 5.74) is 4.42. The van der Waals surface area contributed by atoms with Crippen molar-refractivity contribution in [2.75, 3.05) is 0 Å². The van der Waals surface area contributed by atoms with E-state index in [1.54, 1.807) is 0 Å². The van der Waals surface area contributed by atoms with E-state index in [-0.39, 0.29) is 6.42 Å². The molecule has 14 heavy (non-hydrogen) atoms. The minimum atomic E-state index is -1.09. The number of rotatable bonds is 5. The fraction of sp³-hybridized carbons (Fsp3) is 0.556. The van der Waals surface area contributed by atoms with E-state index in [1.807, 2.05) is 0 Å². The number of aliphatic carboxylic acids is 1. The summed E-state index contributed by atoms with van der Waals surface area (Å²) in [6.07, 6.45) is 1.61. The number of nitrogens with one attached hydrogen (secondary N) is 1. The van der Waals surface area contributed by atoms with Crippen LogP contribution < -0.4 is 11.1 Å². The monoisotopic (exact) mass is 200 g/mol. The molecule has 0 radical (unpaired) electrons. The molecule has 80 valence electrons. The predicted molar refractivity (Wildman–Crippen MR) is 52.6 cm³/mol. The van der Waals surface area contributed by atoms with Crippen molar-refractivity contribution < 1.29 is 14.7 Å². The lowest BCUT2D eigenvalue weighted by Gasteiger charge is -2.21. The second kappa shape index (κ2) is 4.76. The highest BCUT2D eigenvalue weighted by atomic mass is 16.4. The fourth-order valence-electron chi connectivity index (χ4n) is 0.732. The van der Waals surface area contributed by atoms with Gasteiger partial charge in [0, 0.05) is 0 Å². The van der Waals surface area contributed by atoms with Crippen LogP contribution in [0.3, 0.4) is 0 Å². The van der Waals surface area contributed by atoms with Gasteiger partial charge in [-0.15, -0.1) is 6.58 Å². The normalized spacial score (nSPS) is 13.1. The average molecular weight is 200 g/mol. The maximum atomic E-state index is 11.3. The number of hydrogen-bond donors (Lipinski definition) is 3. The maximum Gasteiger partial charge on any atom is 0.326 e. The Labute approximate surface area is 83.0 Å². The third-order valence-electron chi connectivity index (χ3n) is 1.59. The van der Waals surface area contributed by atoms with Gasteiger partial charge in [-0.2, -0.15) is 0 Å². The molecule has 1 amide bonds. The average Bonchev–Trinajstić information content (AvgIpc) is 2.01. The van der Waals surface area contributed by atoms with Crippen LogP contribution in [-0.4, -0.2) is 28.6 Å². The smallest absolute Gasteiger partial charge is 0.326 e. The SMILES string of the molecule is C=CCC(NC(=O)C(C)(C)N)C(=O)O. The van der Waals surface area contributed by atoms with Crippen molar-refractivity contribution in [2.45, 2.75) is 31.8 Å². The van der Waals surface area contributed by atoms with Gasteiger partial charge in [0.25, 0.3) is 0 Å². The molecule has 0 aliphatic rings. The molecule has 0 saturated carbocycles. The van der Waals surface area contributed by atoms with E-state index in [1.165, 1.54) is 19.9 Å². The highest BCUT2D eigenvalue weighted by molar-refractivity contribution is 5.89.